The van der Waals surface area contributed by atoms with Gasteiger partial charge in [-0.25, -0.2) is 0 Å². The number of amides is 1. The zero-order chi connectivity index (χ0) is 17.5. The summed E-state index contributed by atoms with van der Waals surface area (Å²) in [6, 6.07) is 14.8. The fraction of sp³-hybridized carbons (Fsp3) is 0.263. The van der Waals surface area contributed by atoms with Gasteiger partial charge in [-0.15, -0.1) is 0 Å². The van der Waals surface area contributed by atoms with Crippen molar-refractivity contribution in [3.8, 4) is 5.75 Å². The van der Waals surface area contributed by atoms with E-state index in [1.807, 2.05) is 36.4 Å². The molecule has 0 saturated carbocycles. The first kappa shape index (κ1) is 18.2. The molecule has 0 radical (unpaired) electrons. The number of carbonyl (C=O) groups is 2. The topological polar surface area (TPSA) is 46.6 Å². The van der Waals surface area contributed by atoms with Crippen molar-refractivity contribution in [1.29, 1.82) is 0 Å². The quantitative estimate of drug-likeness (QED) is 0.670. The number of ether oxygens (including phenoxy) is 1. The maximum atomic E-state index is 12.3. The molecule has 0 fully saturated rings. The van der Waals surface area contributed by atoms with Crippen LogP contribution in [0.3, 0.4) is 0 Å². The minimum Gasteiger partial charge on any atom is -0.496 e. The van der Waals surface area contributed by atoms with Crippen LogP contribution >= 0.6 is 15.9 Å². The van der Waals surface area contributed by atoms with Crippen LogP contribution in [0.1, 0.15) is 28.8 Å². The van der Waals surface area contributed by atoms with Gasteiger partial charge >= 0.3 is 0 Å². The maximum absolute atomic E-state index is 12.3. The number of methoxy groups -OCH3 is 1. The first-order chi connectivity index (χ1) is 11.5. The highest BCUT2D eigenvalue weighted by Gasteiger charge is 2.14. The van der Waals surface area contributed by atoms with Crippen molar-refractivity contribution in [2.75, 3.05) is 14.2 Å². The molecule has 0 unspecified atom stereocenters. The number of benzene rings is 2. The Balaban J connectivity index is 1.89. The molecule has 0 bridgehead atoms. The van der Waals surface area contributed by atoms with Crippen LogP contribution in [0.15, 0.2) is 53.0 Å². The number of hydrogen-bond donors (Lipinski definition) is 0. The minimum atomic E-state index is -0.0635. The van der Waals surface area contributed by atoms with Gasteiger partial charge in [-0.2, -0.15) is 0 Å². The van der Waals surface area contributed by atoms with E-state index >= 15 is 0 Å². The third-order valence-corrected chi connectivity index (χ3v) is 4.29. The number of carbonyl (C=O) groups excluding carboxylic acids is 2. The van der Waals surface area contributed by atoms with Crippen LogP contribution < -0.4 is 4.74 Å². The van der Waals surface area contributed by atoms with Gasteiger partial charge in [0.25, 0.3) is 0 Å². The van der Waals surface area contributed by atoms with E-state index in [0.717, 1.165) is 15.8 Å². The van der Waals surface area contributed by atoms with Gasteiger partial charge in [0, 0.05) is 42.0 Å². The van der Waals surface area contributed by atoms with E-state index in [4.69, 9.17) is 4.74 Å². The third kappa shape index (κ3) is 4.93. The Morgan fingerprint density at radius 2 is 1.71 bits per heavy atom. The second kappa shape index (κ2) is 8.64. The van der Waals surface area contributed by atoms with Crippen molar-refractivity contribution in [2.45, 2.75) is 19.4 Å². The molecule has 5 heteroatoms. The second-order valence-electron chi connectivity index (χ2n) is 5.49. The summed E-state index contributed by atoms with van der Waals surface area (Å²) in [5, 5.41) is 0. The summed E-state index contributed by atoms with van der Waals surface area (Å²) in [7, 11) is 3.34. The Morgan fingerprint density at radius 3 is 2.38 bits per heavy atom. The fourth-order valence-corrected chi connectivity index (χ4v) is 2.63. The van der Waals surface area contributed by atoms with Crippen molar-refractivity contribution in [3.05, 3.63) is 64.1 Å². The lowest BCUT2D eigenvalue weighted by Crippen LogP contribution is -2.26. The average Bonchev–Trinajstić information content (AvgIpc) is 2.60. The molecule has 0 aliphatic carbocycles. The molecule has 1 amide bonds. The number of nitrogens with zero attached hydrogens (tertiary/aromatic N) is 1. The molecule has 24 heavy (non-hydrogen) atoms. The number of halogens is 1. The summed E-state index contributed by atoms with van der Waals surface area (Å²) in [6.45, 7) is 0.454. The lowest BCUT2D eigenvalue weighted by atomic mass is 10.1. The molecule has 2 rings (SSSR count). The molecule has 4 nitrogen and oxygen atoms in total. The summed E-state index contributed by atoms with van der Waals surface area (Å²) in [6.07, 6.45) is 0.400. The van der Waals surface area contributed by atoms with E-state index in [9.17, 15) is 9.59 Å². The number of Topliss-reactive ketones (excluding diaryl/α,β-unsaturated/α-hetero) is 1. The standard InChI is InChI=1S/C19H20BrNO3/c1-21(13-15-5-3-4-6-18(15)24-2)19(23)12-11-17(22)14-7-9-16(20)10-8-14/h3-10H,11-13H2,1-2H3. The average molecular weight is 390 g/mol. The second-order valence-corrected chi connectivity index (χ2v) is 6.41. The smallest absolute Gasteiger partial charge is 0.223 e. The number of rotatable bonds is 7. The summed E-state index contributed by atoms with van der Waals surface area (Å²) in [4.78, 5) is 26.0. The number of para-hydroxylation sites is 1. The zero-order valence-electron chi connectivity index (χ0n) is 13.8. The van der Waals surface area contributed by atoms with Gasteiger partial charge in [0.2, 0.25) is 5.91 Å². The van der Waals surface area contributed by atoms with Crippen LogP contribution in [-0.2, 0) is 11.3 Å². The van der Waals surface area contributed by atoms with Crippen molar-refractivity contribution in [1.82, 2.24) is 4.90 Å². The summed E-state index contributed by atoms with van der Waals surface area (Å²) < 4.78 is 6.22. The van der Waals surface area contributed by atoms with Crippen LogP contribution in [0.4, 0.5) is 0 Å². The first-order valence-electron chi connectivity index (χ1n) is 7.66. The van der Waals surface area contributed by atoms with Gasteiger partial charge in [-0.05, 0) is 18.2 Å². The predicted octanol–water partition coefficient (Wildman–Crippen LogP) is 4.08. The van der Waals surface area contributed by atoms with E-state index in [-0.39, 0.29) is 24.5 Å². The molecular formula is C19H20BrNO3. The highest BCUT2D eigenvalue weighted by atomic mass is 79.9. The minimum absolute atomic E-state index is 0.0264. The van der Waals surface area contributed by atoms with Crippen molar-refractivity contribution in [2.24, 2.45) is 0 Å². The molecule has 0 spiro atoms. The molecule has 0 aliphatic heterocycles. The van der Waals surface area contributed by atoms with Crippen molar-refractivity contribution in [3.63, 3.8) is 0 Å². The highest BCUT2D eigenvalue weighted by molar-refractivity contribution is 9.10. The van der Waals surface area contributed by atoms with E-state index in [2.05, 4.69) is 15.9 Å². The lowest BCUT2D eigenvalue weighted by molar-refractivity contribution is -0.130. The zero-order valence-corrected chi connectivity index (χ0v) is 15.4. The van der Waals surface area contributed by atoms with Gasteiger partial charge < -0.3 is 9.64 Å². The lowest BCUT2D eigenvalue weighted by Gasteiger charge is -2.18. The highest BCUT2D eigenvalue weighted by Crippen LogP contribution is 2.19. The van der Waals surface area contributed by atoms with Gasteiger partial charge in [0.1, 0.15) is 5.75 Å². The summed E-state index contributed by atoms with van der Waals surface area (Å²) in [5.74, 6) is 0.663. The number of ketones is 1. The molecular weight excluding hydrogens is 370 g/mol. The molecule has 0 atom stereocenters. The Morgan fingerprint density at radius 1 is 1.04 bits per heavy atom. The maximum Gasteiger partial charge on any atom is 0.223 e. The molecule has 2 aromatic carbocycles. The number of hydrogen-bond acceptors (Lipinski definition) is 3. The van der Waals surface area contributed by atoms with Gasteiger partial charge in [0.15, 0.2) is 5.78 Å². The van der Waals surface area contributed by atoms with Gasteiger partial charge in [-0.1, -0.05) is 46.3 Å². The van der Waals surface area contributed by atoms with Gasteiger partial charge in [-0.3, -0.25) is 9.59 Å². The van der Waals surface area contributed by atoms with Crippen LogP contribution in [0.2, 0.25) is 0 Å². The van der Waals surface area contributed by atoms with E-state index < -0.39 is 0 Å². The normalized spacial score (nSPS) is 10.3. The van der Waals surface area contributed by atoms with Gasteiger partial charge in [0.05, 0.1) is 7.11 Å². The molecule has 0 N–H and O–H groups in total. The van der Waals surface area contributed by atoms with Crippen LogP contribution in [-0.4, -0.2) is 30.7 Å². The molecule has 0 aliphatic rings. The Bertz CT molecular complexity index is 713. The summed E-state index contributed by atoms with van der Waals surface area (Å²) in [5.41, 5.74) is 1.56. The van der Waals surface area contributed by atoms with E-state index in [1.165, 1.54) is 0 Å². The Hall–Kier alpha value is -2.14. The monoisotopic (exact) mass is 389 g/mol. The van der Waals surface area contributed by atoms with Crippen LogP contribution in [0.25, 0.3) is 0 Å². The Labute approximate surface area is 150 Å². The largest absolute Gasteiger partial charge is 0.496 e. The SMILES string of the molecule is COc1ccccc1CN(C)C(=O)CCC(=O)c1ccc(Br)cc1. The van der Waals surface area contributed by atoms with Crippen LogP contribution in [0.5, 0.6) is 5.75 Å². The molecule has 0 heterocycles. The van der Waals surface area contributed by atoms with Crippen molar-refractivity contribution < 1.29 is 14.3 Å². The van der Waals surface area contributed by atoms with Crippen molar-refractivity contribution >= 4 is 27.6 Å². The van der Waals surface area contributed by atoms with E-state index in [1.54, 1.807) is 31.2 Å². The fourth-order valence-electron chi connectivity index (χ4n) is 2.37. The summed E-state index contributed by atoms with van der Waals surface area (Å²) >= 11 is 3.34. The van der Waals surface area contributed by atoms with Crippen LogP contribution in [0, 0.1) is 0 Å². The molecule has 0 aromatic heterocycles. The molecule has 0 saturated heterocycles. The third-order valence-electron chi connectivity index (χ3n) is 3.76. The molecule has 126 valence electrons. The predicted molar refractivity (Wildman–Crippen MR) is 97.2 cm³/mol. The molecule has 2 aromatic rings. The Kier molecular flexibility index (Phi) is 6.55. The first-order valence-corrected chi connectivity index (χ1v) is 8.45. The van der Waals surface area contributed by atoms with E-state index in [0.29, 0.717) is 12.1 Å².